The van der Waals surface area contributed by atoms with E-state index in [0.717, 1.165) is 22.9 Å². The lowest BCUT2D eigenvalue weighted by molar-refractivity contribution is 0.190. The molecule has 2 heterocycles. The average Bonchev–Trinajstić information content (AvgIpc) is 3.09. The molecule has 1 aliphatic heterocycles. The molecule has 1 aliphatic rings. The average molecular weight is 307 g/mol. The van der Waals surface area contributed by atoms with Crippen LogP contribution < -0.4 is 4.74 Å². The van der Waals surface area contributed by atoms with E-state index in [1.165, 1.54) is 29.7 Å². The summed E-state index contributed by atoms with van der Waals surface area (Å²) >= 11 is 6.80. The van der Waals surface area contributed by atoms with Crippen LogP contribution in [0.3, 0.4) is 0 Å². The van der Waals surface area contributed by atoms with Gasteiger partial charge in [0.1, 0.15) is 11.3 Å². The molecule has 0 radical (unpaired) electrons. The molecule has 0 amide bonds. The highest BCUT2D eigenvalue weighted by molar-refractivity contribution is 7.73. The van der Waals surface area contributed by atoms with E-state index in [2.05, 4.69) is 22.1 Å². The van der Waals surface area contributed by atoms with Gasteiger partial charge in [0.2, 0.25) is 0 Å². The molecule has 4 nitrogen and oxygen atoms in total. The quantitative estimate of drug-likeness (QED) is 0.809. The molecule has 1 fully saturated rings. The van der Waals surface area contributed by atoms with Crippen LogP contribution in [0.1, 0.15) is 24.4 Å². The molecule has 106 valence electrons. The molecule has 6 heteroatoms. The number of rotatable bonds is 4. The Morgan fingerprint density at radius 3 is 2.85 bits per heavy atom. The number of hydrogen-bond acceptors (Lipinski definition) is 5. The zero-order valence-electron chi connectivity index (χ0n) is 11.4. The third kappa shape index (κ3) is 2.77. The maximum atomic E-state index is 5.28. The number of ether oxygens (including phenoxy) is 1. The fourth-order valence-electron chi connectivity index (χ4n) is 2.70. The summed E-state index contributed by atoms with van der Waals surface area (Å²) in [6.07, 6.45) is 2.40. The van der Waals surface area contributed by atoms with Gasteiger partial charge in [-0.25, -0.2) is 4.68 Å². The summed E-state index contributed by atoms with van der Waals surface area (Å²) < 4.78 is 7.96. The van der Waals surface area contributed by atoms with Gasteiger partial charge in [0.15, 0.2) is 3.95 Å². The fourth-order valence-corrected chi connectivity index (χ4v) is 3.41. The molecular weight excluding hydrogens is 290 g/mol. The van der Waals surface area contributed by atoms with E-state index < -0.39 is 0 Å². The topological polar surface area (TPSA) is 30.3 Å². The predicted molar refractivity (Wildman–Crippen MR) is 82.6 cm³/mol. The Morgan fingerprint density at radius 1 is 1.40 bits per heavy atom. The van der Waals surface area contributed by atoms with E-state index >= 15 is 0 Å². The van der Waals surface area contributed by atoms with Crippen molar-refractivity contribution in [2.24, 2.45) is 0 Å². The summed E-state index contributed by atoms with van der Waals surface area (Å²) in [6, 6.07) is 8.81. The van der Waals surface area contributed by atoms with Gasteiger partial charge in [-0.05, 0) is 42.8 Å². The van der Waals surface area contributed by atoms with Crippen molar-refractivity contribution in [2.75, 3.05) is 13.7 Å². The molecule has 1 atom stereocenters. The Morgan fingerprint density at radius 2 is 2.20 bits per heavy atom. The Labute approximate surface area is 127 Å². The minimum Gasteiger partial charge on any atom is -0.497 e. The highest BCUT2D eigenvalue weighted by Crippen LogP contribution is 2.33. The summed E-state index contributed by atoms with van der Waals surface area (Å²) in [5, 5.41) is 4.30. The second kappa shape index (κ2) is 6.03. The first-order valence-electron chi connectivity index (χ1n) is 6.66. The van der Waals surface area contributed by atoms with Crippen LogP contribution in [0, 0.1) is 3.95 Å². The minimum atomic E-state index is 0.449. The standard InChI is InChI=1S/C14H17N3OS2/c1-18-12-6-4-11(5-7-12)13-3-2-8-16(13)10-17-14(19)20-9-15-17/h4-7,9,13H,2-3,8,10H2,1H3/t13-/m0/s1. The zero-order valence-corrected chi connectivity index (χ0v) is 13.0. The Kier molecular flexibility index (Phi) is 4.14. The highest BCUT2D eigenvalue weighted by atomic mass is 32.1. The van der Waals surface area contributed by atoms with Gasteiger partial charge in [-0.3, -0.25) is 4.90 Å². The van der Waals surface area contributed by atoms with E-state index in [1.807, 2.05) is 16.8 Å². The van der Waals surface area contributed by atoms with Gasteiger partial charge in [-0.1, -0.05) is 23.5 Å². The first-order chi connectivity index (χ1) is 9.78. The van der Waals surface area contributed by atoms with Crippen LogP contribution in [0.2, 0.25) is 0 Å². The number of benzene rings is 1. The van der Waals surface area contributed by atoms with Crippen molar-refractivity contribution in [2.45, 2.75) is 25.6 Å². The summed E-state index contributed by atoms with van der Waals surface area (Å²) in [5.41, 5.74) is 3.14. The maximum absolute atomic E-state index is 5.28. The van der Waals surface area contributed by atoms with Gasteiger partial charge in [0.25, 0.3) is 0 Å². The molecule has 1 aromatic heterocycles. The first kappa shape index (κ1) is 13.7. The number of aromatic nitrogens is 2. The van der Waals surface area contributed by atoms with Crippen LogP contribution in [0.5, 0.6) is 5.75 Å². The third-order valence-corrected chi connectivity index (χ3v) is 4.84. The molecule has 0 bridgehead atoms. The van der Waals surface area contributed by atoms with Gasteiger partial charge in [-0.2, -0.15) is 5.10 Å². The maximum Gasteiger partial charge on any atom is 0.180 e. The SMILES string of the molecule is COc1ccc([C@@H]2CCCN2Cn2ncsc2=S)cc1. The molecule has 1 aromatic carbocycles. The predicted octanol–water partition coefficient (Wildman–Crippen LogP) is 3.48. The smallest absolute Gasteiger partial charge is 0.180 e. The Bertz CT molecular complexity index is 620. The molecular formula is C14H17N3OS2. The van der Waals surface area contributed by atoms with Gasteiger partial charge >= 0.3 is 0 Å². The lowest BCUT2D eigenvalue weighted by atomic mass is 10.0. The van der Waals surface area contributed by atoms with Crippen molar-refractivity contribution >= 4 is 23.6 Å². The normalized spacial score (nSPS) is 19.4. The van der Waals surface area contributed by atoms with E-state index in [1.54, 1.807) is 12.6 Å². The van der Waals surface area contributed by atoms with Crippen molar-refractivity contribution in [3.63, 3.8) is 0 Å². The van der Waals surface area contributed by atoms with E-state index in [0.29, 0.717) is 6.04 Å². The van der Waals surface area contributed by atoms with E-state index in [-0.39, 0.29) is 0 Å². The summed E-state index contributed by atoms with van der Waals surface area (Å²) in [4.78, 5) is 2.44. The second-order valence-electron chi connectivity index (χ2n) is 4.89. The molecule has 1 saturated heterocycles. The van der Waals surface area contributed by atoms with Crippen molar-refractivity contribution in [3.05, 3.63) is 39.3 Å². The molecule has 20 heavy (non-hydrogen) atoms. The number of methoxy groups -OCH3 is 1. The molecule has 0 unspecified atom stereocenters. The van der Waals surface area contributed by atoms with E-state index in [9.17, 15) is 0 Å². The summed E-state index contributed by atoms with van der Waals surface area (Å²) in [7, 11) is 1.70. The van der Waals surface area contributed by atoms with Crippen LogP contribution in [0.4, 0.5) is 0 Å². The lowest BCUT2D eigenvalue weighted by Gasteiger charge is -2.24. The Balaban J connectivity index is 1.77. The van der Waals surface area contributed by atoms with Crippen LogP contribution in [0.15, 0.2) is 29.8 Å². The van der Waals surface area contributed by atoms with Crippen molar-refractivity contribution in [3.8, 4) is 5.75 Å². The molecule has 3 rings (SSSR count). The molecule has 0 aliphatic carbocycles. The van der Waals surface area contributed by atoms with E-state index in [4.69, 9.17) is 17.0 Å². The van der Waals surface area contributed by atoms with Gasteiger partial charge in [-0.15, -0.1) is 0 Å². The summed E-state index contributed by atoms with van der Waals surface area (Å²) in [6.45, 7) is 1.87. The lowest BCUT2D eigenvalue weighted by Crippen LogP contribution is -2.26. The van der Waals surface area contributed by atoms with Crippen LogP contribution >= 0.6 is 23.6 Å². The van der Waals surface area contributed by atoms with Crippen LogP contribution in [-0.2, 0) is 6.67 Å². The van der Waals surface area contributed by atoms with Gasteiger partial charge in [0.05, 0.1) is 13.8 Å². The van der Waals surface area contributed by atoms with Gasteiger partial charge in [0, 0.05) is 12.6 Å². The minimum absolute atomic E-state index is 0.449. The summed E-state index contributed by atoms with van der Waals surface area (Å²) in [5.74, 6) is 0.903. The van der Waals surface area contributed by atoms with Crippen molar-refractivity contribution < 1.29 is 4.74 Å². The van der Waals surface area contributed by atoms with Crippen molar-refractivity contribution in [1.29, 1.82) is 0 Å². The number of nitrogens with zero attached hydrogens (tertiary/aromatic N) is 3. The van der Waals surface area contributed by atoms with Crippen LogP contribution in [-0.4, -0.2) is 28.3 Å². The molecule has 2 aromatic rings. The largest absolute Gasteiger partial charge is 0.497 e. The molecule has 0 N–H and O–H groups in total. The second-order valence-corrected chi connectivity index (χ2v) is 6.37. The zero-order chi connectivity index (χ0) is 13.9. The van der Waals surface area contributed by atoms with Gasteiger partial charge < -0.3 is 4.74 Å². The van der Waals surface area contributed by atoms with Crippen molar-refractivity contribution in [1.82, 2.24) is 14.7 Å². The number of likely N-dealkylation sites (tertiary alicyclic amines) is 1. The highest BCUT2D eigenvalue weighted by Gasteiger charge is 2.26. The molecule has 0 spiro atoms. The monoisotopic (exact) mass is 307 g/mol. The number of hydrogen-bond donors (Lipinski definition) is 0. The fraction of sp³-hybridized carbons (Fsp3) is 0.429. The Hall–Kier alpha value is -1.24. The third-order valence-electron chi connectivity index (χ3n) is 3.73. The first-order valence-corrected chi connectivity index (χ1v) is 7.95. The van der Waals surface area contributed by atoms with Crippen LogP contribution in [0.25, 0.3) is 0 Å². The molecule has 0 saturated carbocycles.